The van der Waals surface area contributed by atoms with Gasteiger partial charge in [-0.05, 0) is 5.41 Å². The van der Waals surface area contributed by atoms with Crippen molar-refractivity contribution in [1.82, 2.24) is 0 Å². The molecule has 0 aliphatic carbocycles. The van der Waals surface area contributed by atoms with E-state index < -0.39 is 0 Å². The molecule has 40 valence electrons. The monoisotopic (exact) mass is 178 g/mol. The number of hydrogen-bond donors (Lipinski definition) is 0. The molecule has 2 heteroatoms. The molecule has 0 spiro atoms. The molecule has 1 aliphatic heterocycles. The minimum absolute atomic E-state index is 0. The van der Waals surface area contributed by atoms with Gasteiger partial charge in [-0.2, -0.15) is 0 Å². The van der Waals surface area contributed by atoms with E-state index >= 15 is 0 Å². The summed E-state index contributed by atoms with van der Waals surface area (Å²) in [6, 6.07) is 0. The van der Waals surface area contributed by atoms with Crippen molar-refractivity contribution >= 4 is 28.7 Å². The maximum absolute atomic E-state index is 2.14. The summed E-state index contributed by atoms with van der Waals surface area (Å²) in [5.41, 5.74) is 0. The quantitative estimate of drug-likeness (QED) is 0.550. The Morgan fingerprint density at radius 1 is 1.29 bits per heavy atom. The Hall–Kier alpha value is 0.310. The molecule has 0 aromatic heterocycles. The molecule has 0 radical (unpaired) electrons. The molecule has 1 heterocycles. The van der Waals surface area contributed by atoms with Gasteiger partial charge in [0.05, 0.1) is 0 Å². The van der Waals surface area contributed by atoms with Crippen molar-refractivity contribution in [3.8, 4) is 0 Å². The second kappa shape index (κ2) is 4.47. The SMILES string of the molecule is Br.C1=CCSC=C1. The topological polar surface area (TPSA) is 0 Å². The van der Waals surface area contributed by atoms with Crippen LogP contribution in [0.25, 0.3) is 0 Å². The van der Waals surface area contributed by atoms with Gasteiger partial charge < -0.3 is 0 Å². The number of thioether (sulfide) groups is 1. The van der Waals surface area contributed by atoms with Gasteiger partial charge in [0.2, 0.25) is 0 Å². The molecule has 0 bridgehead atoms. The molecule has 0 aromatic carbocycles. The number of hydrogen-bond acceptors (Lipinski definition) is 1. The standard InChI is InChI=1S/C5H6S.BrH/c1-2-4-6-5-3-1;/h1-4H,5H2;1H. The Morgan fingerprint density at radius 3 is 2.29 bits per heavy atom. The summed E-state index contributed by atoms with van der Waals surface area (Å²) in [6.07, 6.45) is 6.26. The molecule has 7 heavy (non-hydrogen) atoms. The van der Waals surface area contributed by atoms with Crippen molar-refractivity contribution in [3.05, 3.63) is 23.6 Å². The fraction of sp³-hybridized carbons (Fsp3) is 0.200. The van der Waals surface area contributed by atoms with E-state index in [-0.39, 0.29) is 17.0 Å². The highest BCUT2D eigenvalue weighted by Gasteiger charge is 1.77. The van der Waals surface area contributed by atoms with E-state index in [0.29, 0.717) is 0 Å². The van der Waals surface area contributed by atoms with E-state index in [4.69, 9.17) is 0 Å². The molecule has 0 aromatic rings. The lowest BCUT2D eigenvalue weighted by molar-refractivity contribution is 1.74. The zero-order valence-electron chi connectivity index (χ0n) is 3.83. The van der Waals surface area contributed by atoms with Gasteiger partial charge in [-0.25, -0.2) is 0 Å². The van der Waals surface area contributed by atoms with Gasteiger partial charge in [0, 0.05) is 5.75 Å². The lowest BCUT2D eigenvalue weighted by Crippen LogP contribution is -1.67. The first-order valence-corrected chi connectivity index (χ1v) is 2.98. The highest BCUT2D eigenvalue weighted by Crippen LogP contribution is 2.05. The Balaban J connectivity index is 0.000000360. The van der Waals surface area contributed by atoms with Crippen LogP contribution in [0.1, 0.15) is 0 Å². The highest BCUT2D eigenvalue weighted by atomic mass is 79.9. The van der Waals surface area contributed by atoms with E-state index in [1.54, 1.807) is 0 Å². The van der Waals surface area contributed by atoms with Crippen LogP contribution in [0.3, 0.4) is 0 Å². The molecule has 0 amide bonds. The Morgan fingerprint density at radius 2 is 2.14 bits per heavy atom. The van der Waals surface area contributed by atoms with Crippen molar-refractivity contribution in [1.29, 1.82) is 0 Å². The second-order valence-electron chi connectivity index (χ2n) is 1.09. The van der Waals surface area contributed by atoms with Gasteiger partial charge in [0.25, 0.3) is 0 Å². The first-order valence-electron chi connectivity index (χ1n) is 1.93. The van der Waals surface area contributed by atoms with Crippen LogP contribution in [0.5, 0.6) is 0 Å². The predicted octanol–water partition coefficient (Wildman–Crippen LogP) is 2.38. The van der Waals surface area contributed by atoms with E-state index in [0.717, 1.165) is 5.75 Å². The lowest BCUT2D eigenvalue weighted by Gasteiger charge is -1.88. The summed E-state index contributed by atoms with van der Waals surface area (Å²) in [4.78, 5) is 0. The van der Waals surface area contributed by atoms with Gasteiger partial charge in [0.1, 0.15) is 0 Å². The smallest absolute Gasteiger partial charge is 0.0157 e. The molecule has 0 atom stereocenters. The van der Waals surface area contributed by atoms with Crippen LogP contribution in [-0.2, 0) is 0 Å². The molecule has 0 nitrogen and oxygen atoms in total. The highest BCUT2D eigenvalue weighted by molar-refractivity contribution is 8.93. The summed E-state index contributed by atoms with van der Waals surface area (Å²) < 4.78 is 0. The molecule has 1 aliphatic rings. The van der Waals surface area contributed by atoms with Gasteiger partial charge in [0.15, 0.2) is 0 Å². The molecular weight excluding hydrogens is 172 g/mol. The Kier molecular flexibility index (Phi) is 4.67. The molecule has 0 unspecified atom stereocenters. The molecule has 0 saturated heterocycles. The van der Waals surface area contributed by atoms with Crippen LogP contribution in [0.2, 0.25) is 0 Å². The summed E-state index contributed by atoms with van der Waals surface area (Å²) in [5, 5.41) is 2.10. The minimum Gasteiger partial charge on any atom is -0.130 e. The van der Waals surface area contributed by atoms with Crippen molar-refractivity contribution < 1.29 is 0 Å². The van der Waals surface area contributed by atoms with Crippen LogP contribution in [0, 0.1) is 0 Å². The number of halogens is 1. The molecule has 0 N–H and O–H groups in total. The minimum atomic E-state index is 0. The largest absolute Gasteiger partial charge is 0.130 e. The first kappa shape index (κ1) is 7.31. The summed E-state index contributed by atoms with van der Waals surface area (Å²) in [7, 11) is 0. The lowest BCUT2D eigenvalue weighted by atomic mass is 10.5. The van der Waals surface area contributed by atoms with Crippen molar-refractivity contribution in [2.24, 2.45) is 0 Å². The second-order valence-corrected chi connectivity index (χ2v) is 2.03. The third-order valence-electron chi connectivity index (χ3n) is 0.614. The third-order valence-corrected chi connectivity index (χ3v) is 1.35. The maximum atomic E-state index is 2.14. The van der Waals surface area contributed by atoms with E-state index in [1.165, 1.54) is 0 Å². The van der Waals surface area contributed by atoms with Crippen molar-refractivity contribution in [2.45, 2.75) is 0 Å². The van der Waals surface area contributed by atoms with E-state index in [2.05, 4.69) is 17.6 Å². The van der Waals surface area contributed by atoms with Crippen LogP contribution in [0.15, 0.2) is 23.6 Å². The van der Waals surface area contributed by atoms with Crippen molar-refractivity contribution in [3.63, 3.8) is 0 Å². The molecule has 0 saturated carbocycles. The Bertz CT molecular complexity index is 74.1. The number of allylic oxidation sites excluding steroid dienone is 2. The summed E-state index contributed by atoms with van der Waals surface area (Å²) in [6.45, 7) is 0. The van der Waals surface area contributed by atoms with Gasteiger partial charge in [-0.3, -0.25) is 0 Å². The van der Waals surface area contributed by atoms with Crippen molar-refractivity contribution in [2.75, 3.05) is 5.75 Å². The normalized spacial score (nSPS) is 16.0. The zero-order chi connectivity index (χ0) is 4.24. The molecular formula is C5H7BrS. The van der Waals surface area contributed by atoms with Crippen LogP contribution in [0.4, 0.5) is 0 Å². The fourth-order valence-electron chi connectivity index (χ4n) is 0.346. The van der Waals surface area contributed by atoms with Gasteiger partial charge in [-0.1, -0.05) is 18.2 Å². The fourth-order valence-corrected chi connectivity index (χ4v) is 0.881. The Labute approximate surface area is 58.4 Å². The maximum Gasteiger partial charge on any atom is 0.0157 e. The van der Waals surface area contributed by atoms with Gasteiger partial charge >= 0.3 is 0 Å². The van der Waals surface area contributed by atoms with E-state index in [9.17, 15) is 0 Å². The predicted molar refractivity (Wildman–Crippen MR) is 41.1 cm³/mol. The van der Waals surface area contributed by atoms with Gasteiger partial charge in [-0.15, -0.1) is 28.7 Å². The van der Waals surface area contributed by atoms with Crippen LogP contribution < -0.4 is 0 Å². The van der Waals surface area contributed by atoms with E-state index in [1.807, 2.05) is 17.8 Å². The average molecular weight is 179 g/mol. The third kappa shape index (κ3) is 2.94. The van der Waals surface area contributed by atoms with Crippen LogP contribution >= 0.6 is 28.7 Å². The van der Waals surface area contributed by atoms with Crippen LogP contribution in [-0.4, -0.2) is 5.75 Å². The molecule has 1 rings (SSSR count). The zero-order valence-corrected chi connectivity index (χ0v) is 6.36. The molecule has 0 fully saturated rings. The average Bonchev–Trinajstić information content (AvgIpc) is 1.72. The first-order chi connectivity index (χ1) is 3.00. The summed E-state index contributed by atoms with van der Waals surface area (Å²) >= 11 is 1.83. The summed E-state index contributed by atoms with van der Waals surface area (Å²) in [5.74, 6) is 1.15. The number of rotatable bonds is 0.